The zero-order valence-corrected chi connectivity index (χ0v) is 18.6. The Hall–Kier alpha value is -2.29. The molecule has 0 rings (SSSR count). The van der Waals surface area contributed by atoms with Gasteiger partial charge in [-0.3, -0.25) is 0 Å². The lowest BCUT2D eigenvalue weighted by Gasteiger charge is -2.10. The first-order valence-electron chi connectivity index (χ1n) is 11.0. The van der Waals surface area contributed by atoms with Crippen molar-refractivity contribution in [3.05, 3.63) is 72.1 Å². The van der Waals surface area contributed by atoms with Crippen LogP contribution in [0.2, 0.25) is 0 Å². The van der Waals surface area contributed by atoms with Gasteiger partial charge in [0, 0.05) is 0 Å². The van der Waals surface area contributed by atoms with Gasteiger partial charge < -0.3 is 9.84 Å². The van der Waals surface area contributed by atoms with Gasteiger partial charge in [0.1, 0.15) is 0 Å². The lowest BCUT2D eigenvalue weighted by molar-refractivity contribution is -0.136. The highest BCUT2D eigenvalue weighted by atomic mass is 16.5. The minimum absolute atomic E-state index is 0.138. The van der Waals surface area contributed by atoms with Crippen molar-refractivity contribution in [3.8, 4) is 0 Å². The van der Waals surface area contributed by atoms with Crippen LogP contribution in [-0.4, -0.2) is 17.7 Å². The molecule has 0 aromatic heterocycles. The van der Waals surface area contributed by atoms with E-state index in [0.717, 1.165) is 56.9 Å². The zero-order valence-electron chi connectivity index (χ0n) is 18.6. The summed E-state index contributed by atoms with van der Waals surface area (Å²) in [6.45, 7) is 6.33. The molecule has 0 amide bonds. The molecule has 0 aliphatic rings. The Morgan fingerprint density at radius 1 is 0.759 bits per heavy atom. The molecule has 162 valence electrons. The number of carboxylic acids is 1. The molecule has 0 heterocycles. The molecule has 29 heavy (non-hydrogen) atoms. The van der Waals surface area contributed by atoms with E-state index in [1.165, 1.54) is 0 Å². The van der Waals surface area contributed by atoms with Gasteiger partial charge in [0.05, 0.1) is 6.61 Å². The normalized spacial score (nSPS) is 13.5. The molecule has 0 bridgehead atoms. The fourth-order valence-corrected chi connectivity index (χ4v) is 2.71. The van der Waals surface area contributed by atoms with Crippen molar-refractivity contribution in [2.45, 2.75) is 78.6 Å². The van der Waals surface area contributed by atoms with E-state index in [-0.39, 0.29) is 5.76 Å². The van der Waals surface area contributed by atoms with Crippen molar-refractivity contribution in [1.29, 1.82) is 0 Å². The number of hydrogen-bond acceptors (Lipinski definition) is 2. The third-order valence-corrected chi connectivity index (χ3v) is 4.24. The summed E-state index contributed by atoms with van der Waals surface area (Å²) in [5.41, 5.74) is 0.895. The van der Waals surface area contributed by atoms with E-state index < -0.39 is 5.97 Å². The van der Waals surface area contributed by atoms with Gasteiger partial charge in [-0.2, -0.15) is 0 Å². The number of hydrogen-bond donors (Lipinski definition) is 1. The van der Waals surface area contributed by atoms with E-state index >= 15 is 0 Å². The Balaban J connectivity index is 3.93. The van der Waals surface area contributed by atoms with Gasteiger partial charge in [-0.25, -0.2) is 4.79 Å². The van der Waals surface area contributed by atoms with Gasteiger partial charge in [-0.15, -0.1) is 0 Å². The Bertz CT molecular complexity index is 589. The minimum atomic E-state index is -0.960. The molecule has 0 aromatic carbocycles. The molecule has 0 aromatic rings. The van der Waals surface area contributed by atoms with Crippen molar-refractivity contribution in [1.82, 2.24) is 0 Å². The molecule has 0 saturated heterocycles. The summed E-state index contributed by atoms with van der Waals surface area (Å²) in [5, 5.41) is 9.23. The molecule has 0 aliphatic carbocycles. The van der Waals surface area contributed by atoms with E-state index in [0.29, 0.717) is 13.0 Å². The Labute approximate surface area is 178 Å². The van der Waals surface area contributed by atoms with Crippen molar-refractivity contribution in [2.24, 2.45) is 0 Å². The predicted octanol–water partition coefficient (Wildman–Crippen LogP) is 7.69. The van der Waals surface area contributed by atoms with Crippen molar-refractivity contribution >= 4 is 5.97 Å². The first-order valence-corrected chi connectivity index (χ1v) is 11.0. The highest BCUT2D eigenvalue weighted by Crippen LogP contribution is 2.18. The number of allylic oxidation sites excluding steroid dienone is 11. The SMILES string of the molecule is CC/C=C\C/C=C\C/C=C\C/C=C\C/C=C\CCC/C(CC)=C(\OCC)C(=O)O. The maximum atomic E-state index is 11.3. The van der Waals surface area contributed by atoms with Crippen molar-refractivity contribution in [3.63, 3.8) is 0 Å². The summed E-state index contributed by atoms with van der Waals surface area (Å²) in [6.07, 6.45) is 30.3. The molecule has 0 saturated carbocycles. The maximum Gasteiger partial charge on any atom is 0.371 e. The summed E-state index contributed by atoms with van der Waals surface area (Å²) < 4.78 is 5.28. The maximum absolute atomic E-state index is 11.3. The Morgan fingerprint density at radius 3 is 1.66 bits per heavy atom. The average Bonchev–Trinajstić information content (AvgIpc) is 2.71. The molecule has 0 fully saturated rings. The number of rotatable bonds is 17. The number of carboxylic acid groups (broad SMARTS) is 1. The second-order valence-corrected chi connectivity index (χ2v) is 6.62. The van der Waals surface area contributed by atoms with Gasteiger partial charge in [-0.05, 0) is 70.3 Å². The van der Waals surface area contributed by atoms with Crippen molar-refractivity contribution in [2.75, 3.05) is 6.61 Å². The molecule has 3 heteroatoms. The van der Waals surface area contributed by atoms with E-state index in [2.05, 4.69) is 67.7 Å². The smallest absolute Gasteiger partial charge is 0.371 e. The summed E-state index contributed by atoms with van der Waals surface area (Å²) in [4.78, 5) is 11.3. The zero-order chi connectivity index (χ0) is 21.6. The standard InChI is InChI=1S/C26H40O3/c1-4-7-8-9-10-11-12-13-14-15-16-17-18-19-20-21-22-23-24(5-2)25(26(27)28)29-6-3/h7-8,10-11,13-14,16-17,19-20H,4-6,9,12,15,18,21-23H2,1-3H3,(H,27,28)/b8-7-,11-10-,14-13-,17-16-,20-19-,25-24-. The van der Waals surface area contributed by atoms with Crippen LogP contribution in [-0.2, 0) is 9.53 Å². The lowest BCUT2D eigenvalue weighted by Crippen LogP contribution is -2.08. The van der Waals surface area contributed by atoms with Gasteiger partial charge in [0.2, 0.25) is 5.76 Å². The average molecular weight is 401 g/mol. The highest BCUT2D eigenvalue weighted by molar-refractivity contribution is 5.85. The van der Waals surface area contributed by atoms with Crippen LogP contribution >= 0.6 is 0 Å². The lowest BCUT2D eigenvalue weighted by atomic mass is 10.0. The Kier molecular flexibility index (Phi) is 18.8. The first kappa shape index (κ1) is 26.7. The number of ether oxygens (including phenoxy) is 1. The monoisotopic (exact) mass is 400 g/mol. The van der Waals surface area contributed by atoms with E-state index in [1.807, 2.05) is 13.8 Å². The molecular weight excluding hydrogens is 360 g/mol. The van der Waals surface area contributed by atoms with Gasteiger partial charge >= 0.3 is 5.97 Å². The molecule has 0 unspecified atom stereocenters. The quantitative estimate of drug-likeness (QED) is 0.118. The van der Waals surface area contributed by atoms with Crippen LogP contribution < -0.4 is 0 Å². The number of carbonyl (C=O) groups is 1. The topological polar surface area (TPSA) is 46.5 Å². The summed E-state index contributed by atoms with van der Waals surface area (Å²) >= 11 is 0. The van der Waals surface area contributed by atoms with Crippen LogP contribution in [0.3, 0.4) is 0 Å². The van der Waals surface area contributed by atoms with Crippen molar-refractivity contribution < 1.29 is 14.6 Å². The largest absolute Gasteiger partial charge is 0.487 e. The van der Waals surface area contributed by atoms with Crippen LogP contribution in [0, 0.1) is 0 Å². The predicted molar refractivity (Wildman–Crippen MR) is 125 cm³/mol. The molecular formula is C26H40O3. The second-order valence-electron chi connectivity index (χ2n) is 6.62. The molecule has 0 aliphatic heterocycles. The van der Waals surface area contributed by atoms with E-state index in [4.69, 9.17) is 4.74 Å². The van der Waals surface area contributed by atoms with Gasteiger partial charge in [0.25, 0.3) is 0 Å². The molecule has 0 spiro atoms. The van der Waals surface area contributed by atoms with Gasteiger partial charge in [-0.1, -0.05) is 74.6 Å². The number of aliphatic carboxylic acids is 1. The van der Waals surface area contributed by atoms with Gasteiger partial charge in [0.15, 0.2) is 0 Å². The second kappa shape index (κ2) is 20.4. The molecule has 1 N–H and O–H groups in total. The summed E-state index contributed by atoms with van der Waals surface area (Å²) in [6, 6.07) is 0. The van der Waals surface area contributed by atoms with Crippen LogP contribution in [0.15, 0.2) is 72.1 Å². The molecule has 3 nitrogen and oxygen atoms in total. The van der Waals surface area contributed by atoms with Crippen LogP contribution in [0.5, 0.6) is 0 Å². The fourth-order valence-electron chi connectivity index (χ4n) is 2.71. The number of unbranched alkanes of at least 4 members (excludes halogenated alkanes) is 1. The van der Waals surface area contributed by atoms with Crippen LogP contribution in [0.1, 0.15) is 78.6 Å². The van der Waals surface area contributed by atoms with Crippen LogP contribution in [0.25, 0.3) is 0 Å². The molecule has 0 atom stereocenters. The molecule has 0 radical (unpaired) electrons. The van der Waals surface area contributed by atoms with E-state index in [1.54, 1.807) is 0 Å². The summed E-state index contributed by atoms with van der Waals surface area (Å²) in [5.74, 6) is -0.822. The Morgan fingerprint density at radius 2 is 1.24 bits per heavy atom. The third-order valence-electron chi connectivity index (χ3n) is 4.24. The first-order chi connectivity index (χ1) is 14.2. The third kappa shape index (κ3) is 16.4. The van der Waals surface area contributed by atoms with E-state index in [9.17, 15) is 9.90 Å². The highest BCUT2D eigenvalue weighted by Gasteiger charge is 2.13. The summed E-state index contributed by atoms with van der Waals surface area (Å²) in [7, 11) is 0. The fraction of sp³-hybridized carbons (Fsp3) is 0.500. The minimum Gasteiger partial charge on any atom is -0.487 e. The van der Waals surface area contributed by atoms with Crippen LogP contribution in [0.4, 0.5) is 0 Å².